The first-order valence-corrected chi connectivity index (χ1v) is 11.8. The SMILES string of the molecule is CC(=O)N1CCC(CCCc2ccc3c(c2)CCN(Cc2ccccc2)CC3)CC1.Cl. The fraction of sp³-hybridized carbons (Fsp3) is 0.519. The lowest BCUT2D eigenvalue weighted by Gasteiger charge is -2.31. The number of amides is 1. The van der Waals surface area contributed by atoms with Crippen LogP contribution in [0.15, 0.2) is 48.5 Å². The molecule has 168 valence electrons. The summed E-state index contributed by atoms with van der Waals surface area (Å²) >= 11 is 0. The Bertz CT molecular complexity index is 830. The van der Waals surface area contributed by atoms with Crippen LogP contribution in [0.1, 0.15) is 54.9 Å². The normalized spacial score (nSPS) is 17.5. The van der Waals surface area contributed by atoms with E-state index in [1.807, 2.05) is 4.90 Å². The first-order chi connectivity index (χ1) is 14.7. The molecule has 4 rings (SSSR count). The van der Waals surface area contributed by atoms with Gasteiger partial charge in [-0.2, -0.15) is 0 Å². The van der Waals surface area contributed by atoms with E-state index in [9.17, 15) is 4.79 Å². The molecule has 31 heavy (non-hydrogen) atoms. The second-order valence-electron chi connectivity index (χ2n) is 9.21. The van der Waals surface area contributed by atoms with E-state index in [1.165, 1.54) is 49.7 Å². The second-order valence-corrected chi connectivity index (χ2v) is 9.21. The summed E-state index contributed by atoms with van der Waals surface area (Å²) in [6.45, 7) is 6.97. The van der Waals surface area contributed by atoms with E-state index in [-0.39, 0.29) is 18.3 Å². The fourth-order valence-electron chi connectivity index (χ4n) is 5.11. The lowest BCUT2D eigenvalue weighted by molar-refractivity contribution is -0.130. The van der Waals surface area contributed by atoms with E-state index in [2.05, 4.69) is 53.4 Å². The molecule has 0 aliphatic carbocycles. The molecule has 3 nitrogen and oxygen atoms in total. The maximum atomic E-state index is 11.5. The molecular formula is C27H37ClN2O. The summed E-state index contributed by atoms with van der Waals surface area (Å²) in [7, 11) is 0. The van der Waals surface area contributed by atoms with Gasteiger partial charge in [-0.15, -0.1) is 12.4 Å². The number of nitrogens with zero attached hydrogens (tertiary/aromatic N) is 2. The fourth-order valence-corrected chi connectivity index (χ4v) is 5.11. The van der Waals surface area contributed by atoms with Gasteiger partial charge in [0.25, 0.3) is 0 Å². The minimum absolute atomic E-state index is 0. The zero-order valence-electron chi connectivity index (χ0n) is 18.9. The third-order valence-corrected chi connectivity index (χ3v) is 7.05. The summed E-state index contributed by atoms with van der Waals surface area (Å²) in [5.74, 6) is 1.04. The van der Waals surface area contributed by atoms with Crippen molar-refractivity contribution in [1.29, 1.82) is 0 Å². The molecule has 1 saturated heterocycles. The van der Waals surface area contributed by atoms with Crippen molar-refractivity contribution in [3.8, 4) is 0 Å². The van der Waals surface area contributed by atoms with Crippen LogP contribution in [0, 0.1) is 5.92 Å². The van der Waals surface area contributed by atoms with Gasteiger partial charge in [-0.25, -0.2) is 0 Å². The van der Waals surface area contributed by atoms with Gasteiger partial charge in [0.05, 0.1) is 0 Å². The molecular weight excluding hydrogens is 404 g/mol. The van der Waals surface area contributed by atoms with Gasteiger partial charge in [-0.3, -0.25) is 9.69 Å². The summed E-state index contributed by atoms with van der Waals surface area (Å²) in [6, 6.07) is 18.1. The third-order valence-electron chi connectivity index (χ3n) is 7.05. The lowest BCUT2D eigenvalue weighted by Crippen LogP contribution is -2.36. The van der Waals surface area contributed by atoms with E-state index in [0.717, 1.165) is 45.1 Å². The molecule has 1 fully saturated rings. The van der Waals surface area contributed by atoms with Crippen molar-refractivity contribution in [3.63, 3.8) is 0 Å². The number of aryl methyl sites for hydroxylation is 1. The van der Waals surface area contributed by atoms with Crippen molar-refractivity contribution in [3.05, 3.63) is 70.8 Å². The van der Waals surface area contributed by atoms with Gasteiger partial charge in [0.2, 0.25) is 5.91 Å². The predicted molar refractivity (Wildman–Crippen MR) is 131 cm³/mol. The monoisotopic (exact) mass is 440 g/mol. The van der Waals surface area contributed by atoms with Crippen molar-refractivity contribution < 1.29 is 4.79 Å². The van der Waals surface area contributed by atoms with Crippen LogP contribution in [-0.2, 0) is 30.6 Å². The Hall–Kier alpha value is -1.84. The molecule has 2 aromatic carbocycles. The molecule has 0 N–H and O–H groups in total. The van der Waals surface area contributed by atoms with Gasteiger partial charge in [0.1, 0.15) is 0 Å². The van der Waals surface area contributed by atoms with Gasteiger partial charge in [0, 0.05) is 39.6 Å². The topological polar surface area (TPSA) is 23.6 Å². The Morgan fingerprint density at radius 1 is 0.903 bits per heavy atom. The number of likely N-dealkylation sites (tertiary alicyclic amines) is 1. The zero-order valence-corrected chi connectivity index (χ0v) is 19.7. The first kappa shape index (κ1) is 23.8. The van der Waals surface area contributed by atoms with E-state index in [4.69, 9.17) is 0 Å². The van der Waals surface area contributed by atoms with Gasteiger partial charge in [-0.1, -0.05) is 48.5 Å². The molecule has 0 bridgehead atoms. The molecule has 0 atom stereocenters. The number of rotatable bonds is 6. The Balaban J connectivity index is 0.00000272. The number of hydrogen-bond acceptors (Lipinski definition) is 2. The molecule has 0 radical (unpaired) electrons. The van der Waals surface area contributed by atoms with Crippen molar-refractivity contribution in [2.75, 3.05) is 26.2 Å². The van der Waals surface area contributed by atoms with Gasteiger partial charge in [-0.05, 0) is 73.1 Å². The van der Waals surface area contributed by atoms with Crippen LogP contribution >= 0.6 is 12.4 Å². The number of carbonyl (C=O) groups is 1. The average molecular weight is 441 g/mol. The molecule has 2 heterocycles. The van der Waals surface area contributed by atoms with E-state index in [0.29, 0.717) is 0 Å². The van der Waals surface area contributed by atoms with Crippen LogP contribution < -0.4 is 0 Å². The molecule has 0 unspecified atom stereocenters. The standard InChI is InChI=1S/C27H36N2O.ClH/c1-22(30)29-18-12-23(13-19-29)8-5-9-24-10-11-26-14-16-28(17-15-27(26)20-24)21-25-6-3-2-4-7-25;/h2-4,6-7,10-11,20,23H,5,8-9,12-19,21H2,1H3;1H. The summed E-state index contributed by atoms with van der Waals surface area (Å²) < 4.78 is 0. The molecule has 2 aliphatic heterocycles. The number of halogens is 1. The Morgan fingerprint density at radius 3 is 2.32 bits per heavy atom. The maximum Gasteiger partial charge on any atom is 0.219 e. The highest BCUT2D eigenvalue weighted by Crippen LogP contribution is 2.24. The molecule has 1 amide bonds. The van der Waals surface area contributed by atoms with Gasteiger partial charge in [0.15, 0.2) is 0 Å². The van der Waals surface area contributed by atoms with E-state index < -0.39 is 0 Å². The van der Waals surface area contributed by atoms with Crippen molar-refractivity contribution in [2.45, 2.75) is 58.4 Å². The van der Waals surface area contributed by atoms with E-state index >= 15 is 0 Å². The maximum absolute atomic E-state index is 11.5. The highest BCUT2D eigenvalue weighted by molar-refractivity contribution is 5.85. The molecule has 0 spiro atoms. The number of piperidine rings is 1. The van der Waals surface area contributed by atoms with Crippen molar-refractivity contribution >= 4 is 18.3 Å². The van der Waals surface area contributed by atoms with Gasteiger partial charge < -0.3 is 4.90 Å². The number of hydrogen-bond donors (Lipinski definition) is 0. The first-order valence-electron chi connectivity index (χ1n) is 11.8. The Labute approximate surface area is 194 Å². The minimum Gasteiger partial charge on any atom is -0.343 e. The lowest BCUT2D eigenvalue weighted by atomic mass is 9.90. The molecule has 2 aliphatic rings. The summed E-state index contributed by atoms with van der Waals surface area (Å²) in [4.78, 5) is 16.1. The Morgan fingerprint density at radius 2 is 1.61 bits per heavy atom. The molecule has 0 aromatic heterocycles. The number of carbonyl (C=O) groups excluding carboxylic acids is 1. The summed E-state index contributed by atoms with van der Waals surface area (Å²) in [5, 5.41) is 0. The number of benzene rings is 2. The van der Waals surface area contributed by atoms with E-state index in [1.54, 1.807) is 18.1 Å². The highest BCUT2D eigenvalue weighted by Gasteiger charge is 2.20. The largest absolute Gasteiger partial charge is 0.343 e. The molecule has 4 heteroatoms. The van der Waals surface area contributed by atoms with Crippen LogP contribution in [0.4, 0.5) is 0 Å². The minimum atomic E-state index is 0. The zero-order chi connectivity index (χ0) is 20.8. The molecule has 2 aromatic rings. The van der Waals surface area contributed by atoms with Crippen LogP contribution in [0.25, 0.3) is 0 Å². The van der Waals surface area contributed by atoms with Crippen LogP contribution in [0.3, 0.4) is 0 Å². The quantitative estimate of drug-likeness (QED) is 0.609. The summed E-state index contributed by atoms with van der Waals surface area (Å²) in [6.07, 6.45) is 8.45. The third kappa shape index (κ3) is 6.82. The van der Waals surface area contributed by atoms with Crippen LogP contribution in [0.2, 0.25) is 0 Å². The smallest absolute Gasteiger partial charge is 0.219 e. The van der Waals surface area contributed by atoms with Crippen molar-refractivity contribution in [1.82, 2.24) is 9.80 Å². The predicted octanol–water partition coefficient (Wildman–Crippen LogP) is 5.29. The molecule has 0 saturated carbocycles. The number of fused-ring (bicyclic) bond motifs is 1. The Kier molecular flexibility index (Phi) is 8.98. The highest BCUT2D eigenvalue weighted by atomic mass is 35.5. The van der Waals surface area contributed by atoms with Crippen LogP contribution in [-0.4, -0.2) is 41.9 Å². The average Bonchev–Trinajstić information content (AvgIpc) is 2.97. The van der Waals surface area contributed by atoms with Crippen LogP contribution in [0.5, 0.6) is 0 Å². The summed E-state index contributed by atoms with van der Waals surface area (Å²) in [5.41, 5.74) is 6.04. The van der Waals surface area contributed by atoms with Gasteiger partial charge >= 0.3 is 0 Å². The van der Waals surface area contributed by atoms with Crippen molar-refractivity contribution in [2.24, 2.45) is 5.92 Å². The second kappa shape index (κ2) is 11.7.